The number of benzene rings is 1. The number of aliphatic carboxylic acids is 1. The predicted octanol–water partition coefficient (Wildman–Crippen LogP) is 1.98. The smallest absolute Gasteiger partial charge is 0.316 e. The molecule has 0 heterocycles. The van der Waals surface area contributed by atoms with Gasteiger partial charge in [0.2, 0.25) is 0 Å². The lowest BCUT2D eigenvalue weighted by atomic mass is 9.83. The Kier molecular flexibility index (Phi) is 3.48. The zero-order valence-corrected chi connectivity index (χ0v) is 9.28. The fourth-order valence-corrected chi connectivity index (χ4v) is 1.55. The number of methoxy groups -OCH3 is 1. The molecule has 0 aliphatic carbocycles. The number of aryl methyl sites for hydroxylation is 1. The van der Waals surface area contributed by atoms with E-state index < -0.39 is 11.4 Å². The van der Waals surface area contributed by atoms with Crippen LogP contribution in [-0.4, -0.2) is 24.8 Å². The van der Waals surface area contributed by atoms with Crippen LogP contribution in [0.2, 0.25) is 0 Å². The number of carboxylic acid groups (broad SMARTS) is 1. The van der Waals surface area contributed by atoms with Crippen molar-refractivity contribution >= 4 is 5.97 Å². The van der Waals surface area contributed by atoms with Crippen molar-refractivity contribution in [2.24, 2.45) is 0 Å². The highest BCUT2D eigenvalue weighted by Gasteiger charge is 2.35. The molecule has 0 aromatic heterocycles. The van der Waals surface area contributed by atoms with Crippen molar-refractivity contribution in [1.29, 1.82) is 0 Å². The fraction of sp³-hybridized carbons (Fsp3) is 0.417. The molecule has 1 rings (SSSR count). The summed E-state index contributed by atoms with van der Waals surface area (Å²) in [6, 6.07) is 7.51. The fourth-order valence-electron chi connectivity index (χ4n) is 1.55. The second-order valence-corrected chi connectivity index (χ2v) is 3.94. The molecule has 0 radical (unpaired) electrons. The van der Waals surface area contributed by atoms with Crippen LogP contribution in [0.5, 0.6) is 0 Å². The lowest BCUT2D eigenvalue weighted by Gasteiger charge is -2.24. The van der Waals surface area contributed by atoms with Crippen molar-refractivity contribution in [1.82, 2.24) is 0 Å². The van der Waals surface area contributed by atoms with Crippen LogP contribution in [0.1, 0.15) is 18.1 Å². The zero-order chi connectivity index (χ0) is 11.5. The van der Waals surface area contributed by atoms with E-state index in [1.165, 1.54) is 7.11 Å². The summed E-state index contributed by atoms with van der Waals surface area (Å²) in [6.45, 7) is 3.79. The minimum absolute atomic E-state index is 0.172. The molecule has 3 heteroatoms. The van der Waals surface area contributed by atoms with Crippen molar-refractivity contribution in [3.8, 4) is 0 Å². The van der Waals surface area contributed by atoms with Crippen molar-refractivity contribution in [2.75, 3.05) is 13.7 Å². The third-order valence-electron chi connectivity index (χ3n) is 2.56. The van der Waals surface area contributed by atoms with Gasteiger partial charge in [0, 0.05) is 7.11 Å². The summed E-state index contributed by atoms with van der Waals surface area (Å²) in [5.41, 5.74) is 0.855. The van der Waals surface area contributed by atoms with E-state index in [4.69, 9.17) is 4.74 Å². The summed E-state index contributed by atoms with van der Waals surface area (Å²) in [7, 11) is 1.51. The molecule has 0 fully saturated rings. The van der Waals surface area contributed by atoms with Gasteiger partial charge in [-0.25, -0.2) is 0 Å². The number of hydrogen-bond acceptors (Lipinski definition) is 2. The minimum Gasteiger partial charge on any atom is -0.481 e. The molecule has 0 bridgehead atoms. The molecule has 15 heavy (non-hydrogen) atoms. The number of ether oxygens (including phenoxy) is 1. The lowest BCUT2D eigenvalue weighted by Crippen LogP contribution is -2.37. The second kappa shape index (κ2) is 4.45. The van der Waals surface area contributed by atoms with Gasteiger partial charge >= 0.3 is 5.97 Å². The van der Waals surface area contributed by atoms with E-state index in [1.807, 2.05) is 31.2 Å². The molecule has 0 amide bonds. The van der Waals surface area contributed by atoms with Gasteiger partial charge in [-0.2, -0.15) is 0 Å². The highest BCUT2D eigenvalue weighted by molar-refractivity contribution is 5.81. The second-order valence-electron chi connectivity index (χ2n) is 3.94. The van der Waals surface area contributed by atoms with E-state index in [2.05, 4.69) is 0 Å². The van der Waals surface area contributed by atoms with E-state index in [1.54, 1.807) is 6.92 Å². The van der Waals surface area contributed by atoms with Crippen molar-refractivity contribution in [3.05, 3.63) is 35.4 Å². The molecule has 1 aromatic carbocycles. The first-order chi connectivity index (χ1) is 7.00. The highest BCUT2D eigenvalue weighted by Crippen LogP contribution is 2.25. The standard InChI is InChI=1S/C12H16O3/c1-9-5-4-6-10(7-9)12(2,8-15-3)11(13)14/h4-7H,8H2,1-3H3,(H,13,14). The molecule has 0 saturated heterocycles. The van der Waals surface area contributed by atoms with Crippen LogP contribution in [0.4, 0.5) is 0 Å². The number of carboxylic acids is 1. The predicted molar refractivity (Wildman–Crippen MR) is 58.0 cm³/mol. The van der Waals surface area contributed by atoms with Crippen molar-refractivity contribution in [3.63, 3.8) is 0 Å². The summed E-state index contributed by atoms with van der Waals surface area (Å²) < 4.78 is 4.98. The van der Waals surface area contributed by atoms with Crippen LogP contribution in [0.3, 0.4) is 0 Å². The van der Waals surface area contributed by atoms with Crippen molar-refractivity contribution < 1.29 is 14.6 Å². The first-order valence-corrected chi connectivity index (χ1v) is 4.80. The molecule has 1 atom stereocenters. The topological polar surface area (TPSA) is 46.5 Å². The summed E-state index contributed by atoms with van der Waals surface area (Å²) in [5.74, 6) is -0.866. The van der Waals surface area contributed by atoms with Crippen LogP contribution >= 0.6 is 0 Å². The Bertz CT molecular complexity index is 360. The maximum atomic E-state index is 11.2. The van der Waals surface area contributed by atoms with Gasteiger partial charge in [0.1, 0.15) is 5.41 Å². The normalized spacial score (nSPS) is 14.6. The van der Waals surface area contributed by atoms with Crippen LogP contribution in [0, 0.1) is 6.92 Å². The van der Waals surface area contributed by atoms with Gasteiger partial charge in [-0.15, -0.1) is 0 Å². The molecule has 1 unspecified atom stereocenters. The van der Waals surface area contributed by atoms with Gasteiger partial charge in [0.25, 0.3) is 0 Å². The number of carbonyl (C=O) groups is 1. The van der Waals surface area contributed by atoms with Crippen LogP contribution < -0.4 is 0 Å². The zero-order valence-electron chi connectivity index (χ0n) is 9.28. The molecule has 0 aliphatic heterocycles. The lowest BCUT2D eigenvalue weighted by molar-refractivity contribution is -0.145. The van der Waals surface area contributed by atoms with E-state index >= 15 is 0 Å². The summed E-state index contributed by atoms with van der Waals surface area (Å²) in [6.07, 6.45) is 0. The first-order valence-electron chi connectivity index (χ1n) is 4.80. The van der Waals surface area contributed by atoms with Gasteiger partial charge in [-0.1, -0.05) is 29.8 Å². The Morgan fingerprint density at radius 3 is 2.67 bits per heavy atom. The summed E-state index contributed by atoms with van der Waals surface area (Å²) >= 11 is 0. The average molecular weight is 208 g/mol. The van der Waals surface area contributed by atoms with Gasteiger partial charge in [0.15, 0.2) is 0 Å². The Morgan fingerprint density at radius 1 is 1.53 bits per heavy atom. The van der Waals surface area contributed by atoms with Crippen LogP contribution in [-0.2, 0) is 14.9 Å². The molecule has 0 saturated carbocycles. The maximum absolute atomic E-state index is 11.2. The SMILES string of the molecule is COCC(C)(C(=O)O)c1cccc(C)c1. The van der Waals surface area contributed by atoms with Gasteiger partial charge in [0.05, 0.1) is 6.61 Å². The highest BCUT2D eigenvalue weighted by atomic mass is 16.5. The van der Waals surface area contributed by atoms with Crippen LogP contribution in [0.15, 0.2) is 24.3 Å². The molecular weight excluding hydrogens is 192 g/mol. The minimum atomic E-state index is -0.971. The van der Waals surface area contributed by atoms with Gasteiger partial charge in [-0.05, 0) is 19.4 Å². The first kappa shape index (κ1) is 11.7. The number of rotatable bonds is 4. The Hall–Kier alpha value is -1.35. The van der Waals surface area contributed by atoms with E-state index in [-0.39, 0.29) is 6.61 Å². The largest absolute Gasteiger partial charge is 0.481 e. The monoisotopic (exact) mass is 208 g/mol. The summed E-state index contributed by atoms with van der Waals surface area (Å²) in [4.78, 5) is 11.2. The molecule has 1 aromatic rings. The third-order valence-corrected chi connectivity index (χ3v) is 2.56. The average Bonchev–Trinajstić information content (AvgIpc) is 2.17. The maximum Gasteiger partial charge on any atom is 0.316 e. The quantitative estimate of drug-likeness (QED) is 0.823. The van der Waals surface area contributed by atoms with Crippen molar-refractivity contribution in [2.45, 2.75) is 19.3 Å². The third kappa shape index (κ3) is 2.36. The van der Waals surface area contributed by atoms with E-state index in [0.29, 0.717) is 0 Å². The summed E-state index contributed by atoms with van der Waals surface area (Å²) in [5, 5.41) is 9.23. The molecule has 3 nitrogen and oxygen atoms in total. The van der Waals surface area contributed by atoms with Crippen LogP contribution in [0.25, 0.3) is 0 Å². The Balaban J connectivity index is 3.15. The van der Waals surface area contributed by atoms with Gasteiger partial charge in [-0.3, -0.25) is 4.79 Å². The Labute approximate surface area is 89.7 Å². The van der Waals surface area contributed by atoms with E-state index in [0.717, 1.165) is 11.1 Å². The van der Waals surface area contributed by atoms with E-state index in [9.17, 15) is 9.90 Å². The molecule has 0 spiro atoms. The molecular formula is C12H16O3. The Morgan fingerprint density at radius 2 is 2.20 bits per heavy atom. The number of hydrogen-bond donors (Lipinski definition) is 1. The molecule has 0 aliphatic rings. The molecule has 82 valence electrons. The van der Waals surface area contributed by atoms with Gasteiger partial charge < -0.3 is 9.84 Å². The molecule has 1 N–H and O–H groups in total.